The van der Waals surface area contributed by atoms with Crippen molar-refractivity contribution in [1.29, 1.82) is 0 Å². The Labute approximate surface area is 55.7 Å². The van der Waals surface area contributed by atoms with Gasteiger partial charge in [-0.1, -0.05) is 0 Å². The molecule has 2 N–H and O–H groups in total. The van der Waals surface area contributed by atoms with Crippen molar-refractivity contribution in [2.45, 2.75) is 18.9 Å². The Bertz CT molecular complexity index is 87.1. The Kier molecular flexibility index (Phi) is 2.45. The van der Waals surface area contributed by atoms with E-state index in [1.807, 2.05) is 5.01 Å². The molecule has 1 atom stereocenters. The quantitative estimate of drug-likeness (QED) is 0.533. The highest BCUT2D eigenvalue weighted by atomic mass is 16.5. The van der Waals surface area contributed by atoms with Gasteiger partial charge in [0.15, 0.2) is 0 Å². The third-order valence-corrected chi connectivity index (χ3v) is 1.78. The minimum Gasteiger partial charge on any atom is -0.383 e. The van der Waals surface area contributed by atoms with Gasteiger partial charge in [0.1, 0.15) is 0 Å². The van der Waals surface area contributed by atoms with Gasteiger partial charge in [0.05, 0.1) is 6.61 Å². The number of rotatable bonds is 2. The van der Waals surface area contributed by atoms with Gasteiger partial charge in [-0.2, -0.15) is 0 Å². The molecule has 1 unspecified atom stereocenters. The Balaban J connectivity index is 2.22. The molecule has 1 rings (SSSR count). The number of methoxy groups -OCH3 is 1. The topological polar surface area (TPSA) is 38.5 Å². The standard InChI is InChI=1S/C6H14N2O/c1-9-5-6-3-2-4-8(6)7/h6H,2-5,7H2,1H3. The predicted molar refractivity (Wildman–Crippen MR) is 35.8 cm³/mol. The molecule has 54 valence electrons. The van der Waals surface area contributed by atoms with Gasteiger partial charge in [0, 0.05) is 19.7 Å². The Morgan fingerprint density at radius 2 is 2.56 bits per heavy atom. The predicted octanol–water partition coefficient (Wildman–Crippen LogP) is -0.0291. The van der Waals surface area contributed by atoms with E-state index in [1.54, 1.807) is 7.11 Å². The smallest absolute Gasteiger partial charge is 0.0631 e. The van der Waals surface area contributed by atoms with E-state index in [-0.39, 0.29) is 0 Å². The van der Waals surface area contributed by atoms with Crippen LogP contribution in [0.2, 0.25) is 0 Å². The summed E-state index contributed by atoms with van der Waals surface area (Å²) in [5, 5.41) is 1.86. The van der Waals surface area contributed by atoms with Gasteiger partial charge in [0.25, 0.3) is 0 Å². The molecule has 0 aromatic carbocycles. The normalized spacial score (nSPS) is 29.3. The molecule has 3 heteroatoms. The Hall–Kier alpha value is -0.120. The summed E-state index contributed by atoms with van der Waals surface area (Å²) in [6.07, 6.45) is 2.40. The first-order chi connectivity index (χ1) is 4.34. The van der Waals surface area contributed by atoms with E-state index in [0.29, 0.717) is 6.04 Å². The molecule has 0 bridgehead atoms. The first-order valence-electron chi connectivity index (χ1n) is 3.35. The van der Waals surface area contributed by atoms with Crippen molar-refractivity contribution in [3.05, 3.63) is 0 Å². The van der Waals surface area contributed by atoms with Crippen molar-refractivity contribution in [3.63, 3.8) is 0 Å². The second-order valence-corrected chi connectivity index (χ2v) is 2.49. The molecule has 1 aliphatic rings. The number of hydrogen-bond donors (Lipinski definition) is 1. The summed E-state index contributed by atoms with van der Waals surface area (Å²) >= 11 is 0. The maximum atomic E-state index is 5.62. The molecule has 1 aliphatic heterocycles. The van der Waals surface area contributed by atoms with E-state index < -0.39 is 0 Å². The van der Waals surface area contributed by atoms with Crippen molar-refractivity contribution in [2.75, 3.05) is 20.3 Å². The van der Waals surface area contributed by atoms with Crippen molar-refractivity contribution in [1.82, 2.24) is 5.01 Å². The molecule has 0 amide bonds. The molecular formula is C6H14N2O. The zero-order valence-corrected chi connectivity index (χ0v) is 5.84. The number of nitrogens with zero attached hydrogens (tertiary/aromatic N) is 1. The van der Waals surface area contributed by atoms with Crippen LogP contribution in [0.4, 0.5) is 0 Å². The summed E-state index contributed by atoms with van der Waals surface area (Å²) in [7, 11) is 1.71. The van der Waals surface area contributed by atoms with Crippen molar-refractivity contribution in [2.24, 2.45) is 5.84 Å². The molecule has 0 aromatic heterocycles. The molecule has 0 saturated carbocycles. The van der Waals surface area contributed by atoms with Gasteiger partial charge in [-0.05, 0) is 12.8 Å². The summed E-state index contributed by atoms with van der Waals surface area (Å²) in [5.41, 5.74) is 0. The van der Waals surface area contributed by atoms with Gasteiger partial charge < -0.3 is 4.74 Å². The van der Waals surface area contributed by atoms with Crippen molar-refractivity contribution >= 4 is 0 Å². The number of ether oxygens (including phenoxy) is 1. The molecule has 0 aliphatic carbocycles. The molecule has 0 spiro atoms. The summed E-state index contributed by atoms with van der Waals surface area (Å²) in [5.74, 6) is 5.62. The highest BCUT2D eigenvalue weighted by Crippen LogP contribution is 2.12. The Morgan fingerprint density at radius 1 is 1.78 bits per heavy atom. The Morgan fingerprint density at radius 3 is 3.00 bits per heavy atom. The minimum atomic E-state index is 0.468. The second-order valence-electron chi connectivity index (χ2n) is 2.49. The first kappa shape index (κ1) is 6.99. The third kappa shape index (κ3) is 1.64. The number of hydrogen-bond acceptors (Lipinski definition) is 3. The largest absolute Gasteiger partial charge is 0.383 e. The molecule has 1 fully saturated rings. The van der Waals surface area contributed by atoms with Gasteiger partial charge in [0.2, 0.25) is 0 Å². The molecular weight excluding hydrogens is 116 g/mol. The SMILES string of the molecule is COCC1CCCN1N. The molecule has 3 nitrogen and oxygen atoms in total. The van der Waals surface area contributed by atoms with Crippen LogP contribution in [0.5, 0.6) is 0 Å². The van der Waals surface area contributed by atoms with E-state index in [2.05, 4.69) is 0 Å². The second kappa shape index (κ2) is 3.15. The van der Waals surface area contributed by atoms with Crippen LogP contribution >= 0.6 is 0 Å². The summed E-state index contributed by atoms with van der Waals surface area (Å²) in [6.45, 7) is 1.80. The van der Waals surface area contributed by atoms with E-state index in [0.717, 1.165) is 13.2 Å². The monoisotopic (exact) mass is 130 g/mol. The van der Waals surface area contributed by atoms with Crippen LogP contribution in [0.3, 0.4) is 0 Å². The average molecular weight is 130 g/mol. The lowest BCUT2D eigenvalue weighted by Crippen LogP contribution is -2.38. The number of nitrogens with two attached hydrogens (primary N) is 1. The van der Waals surface area contributed by atoms with Gasteiger partial charge in [-0.15, -0.1) is 0 Å². The highest BCUT2D eigenvalue weighted by molar-refractivity contribution is 4.73. The third-order valence-electron chi connectivity index (χ3n) is 1.78. The highest BCUT2D eigenvalue weighted by Gasteiger charge is 2.20. The van der Waals surface area contributed by atoms with Crippen LogP contribution in [0.15, 0.2) is 0 Å². The summed E-state index contributed by atoms with van der Waals surface area (Å²) in [4.78, 5) is 0. The van der Waals surface area contributed by atoms with Crippen LogP contribution in [0.1, 0.15) is 12.8 Å². The van der Waals surface area contributed by atoms with Crippen molar-refractivity contribution < 1.29 is 4.74 Å². The molecule has 0 radical (unpaired) electrons. The zero-order chi connectivity index (χ0) is 6.69. The molecule has 0 aromatic rings. The fourth-order valence-corrected chi connectivity index (χ4v) is 1.23. The van der Waals surface area contributed by atoms with E-state index >= 15 is 0 Å². The van der Waals surface area contributed by atoms with Crippen LogP contribution < -0.4 is 5.84 Å². The molecule has 9 heavy (non-hydrogen) atoms. The maximum absolute atomic E-state index is 5.62. The number of hydrazine groups is 1. The van der Waals surface area contributed by atoms with E-state index in [9.17, 15) is 0 Å². The van der Waals surface area contributed by atoms with Gasteiger partial charge in [-0.3, -0.25) is 5.84 Å². The van der Waals surface area contributed by atoms with Crippen LogP contribution in [-0.2, 0) is 4.74 Å². The molecule has 1 saturated heterocycles. The first-order valence-corrected chi connectivity index (χ1v) is 3.35. The summed E-state index contributed by atoms with van der Waals surface area (Å²) in [6, 6.07) is 0.468. The lowest BCUT2D eigenvalue weighted by Gasteiger charge is -2.16. The fraction of sp³-hybridized carbons (Fsp3) is 1.00. The van der Waals surface area contributed by atoms with Gasteiger partial charge in [-0.25, -0.2) is 5.01 Å². The van der Waals surface area contributed by atoms with E-state index in [4.69, 9.17) is 10.6 Å². The van der Waals surface area contributed by atoms with E-state index in [1.165, 1.54) is 12.8 Å². The van der Waals surface area contributed by atoms with Gasteiger partial charge >= 0.3 is 0 Å². The minimum absolute atomic E-state index is 0.468. The summed E-state index contributed by atoms with van der Waals surface area (Å²) < 4.78 is 4.97. The maximum Gasteiger partial charge on any atom is 0.0631 e. The van der Waals surface area contributed by atoms with Crippen molar-refractivity contribution in [3.8, 4) is 0 Å². The van der Waals surface area contributed by atoms with Crippen LogP contribution in [-0.4, -0.2) is 31.3 Å². The average Bonchev–Trinajstić information content (AvgIpc) is 2.18. The lowest BCUT2D eigenvalue weighted by molar-refractivity contribution is 0.116. The van der Waals surface area contributed by atoms with Crippen LogP contribution in [0, 0.1) is 0 Å². The fourth-order valence-electron chi connectivity index (χ4n) is 1.23. The molecule has 1 heterocycles. The van der Waals surface area contributed by atoms with Crippen LogP contribution in [0.25, 0.3) is 0 Å². The lowest BCUT2D eigenvalue weighted by atomic mass is 10.2. The zero-order valence-electron chi connectivity index (χ0n) is 5.84.